The number of aromatic nitrogens is 2. The molecule has 2 aromatic rings. The number of methoxy groups -OCH3 is 1. The van der Waals surface area contributed by atoms with Crippen molar-refractivity contribution in [1.29, 1.82) is 0 Å². The fourth-order valence-corrected chi connectivity index (χ4v) is 3.69. The predicted molar refractivity (Wildman–Crippen MR) is 94.1 cm³/mol. The molecule has 1 aliphatic rings. The average molecular weight is 366 g/mol. The third-order valence-electron chi connectivity index (χ3n) is 3.79. The van der Waals surface area contributed by atoms with Gasteiger partial charge in [-0.2, -0.15) is 0 Å². The molecule has 0 aliphatic carbocycles. The zero-order valence-electron chi connectivity index (χ0n) is 13.2. The molecular weight excluding hydrogens is 350 g/mol. The van der Waals surface area contributed by atoms with Gasteiger partial charge in [-0.3, -0.25) is 14.2 Å². The van der Waals surface area contributed by atoms with Crippen molar-refractivity contribution in [3.05, 3.63) is 45.3 Å². The minimum absolute atomic E-state index is 0.106. The minimum Gasteiger partial charge on any atom is -0.495 e. The van der Waals surface area contributed by atoms with Crippen LogP contribution in [-0.4, -0.2) is 28.3 Å². The smallest absolute Gasteiger partial charge is 0.257 e. The standard InChI is InChI=1S/C16H16ClN3O3S/c1-9-6-18-16-20(15(9)22)7-10(8-24-16)14(21)19-12-5-11(17)3-4-13(12)23-2/h3-6,10H,7-8H2,1-2H3,(H,19,21). The molecule has 0 fully saturated rings. The highest BCUT2D eigenvalue weighted by atomic mass is 35.5. The van der Waals surface area contributed by atoms with E-state index in [1.165, 1.54) is 18.9 Å². The van der Waals surface area contributed by atoms with E-state index >= 15 is 0 Å². The van der Waals surface area contributed by atoms with Crippen LogP contribution in [0.2, 0.25) is 5.02 Å². The van der Waals surface area contributed by atoms with Gasteiger partial charge in [0, 0.05) is 29.1 Å². The molecule has 0 saturated carbocycles. The monoisotopic (exact) mass is 365 g/mol. The van der Waals surface area contributed by atoms with Crippen LogP contribution in [0.25, 0.3) is 0 Å². The van der Waals surface area contributed by atoms with E-state index in [4.69, 9.17) is 16.3 Å². The Hall–Kier alpha value is -1.99. The maximum Gasteiger partial charge on any atom is 0.257 e. The summed E-state index contributed by atoms with van der Waals surface area (Å²) >= 11 is 7.39. The van der Waals surface area contributed by atoms with Crippen LogP contribution in [0.15, 0.2) is 34.3 Å². The van der Waals surface area contributed by atoms with Gasteiger partial charge in [0.15, 0.2) is 5.16 Å². The van der Waals surface area contributed by atoms with Crippen molar-refractivity contribution in [1.82, 2.24) is 9.55 Å². The molecule has 8 heteroatoms. The molecule has 0 saturated heterocycles. The fraction of sp³-hybridized carbons (Fsp3) is 0.312. The molecule has 3 rings (SSSR count). The van der Waals surface area contributed by atoms with E-state index in [0.29, 0.717) is 39.5 Å². The van der Waals surface area contributed by atoms with Crippen LogP contribution in [0.3, 0.4) is 0 Å². The summed E-state index contributed by atoms with van der Waals surface area (Å²) in [5, 5.41) is 3.99. The van der Waals surface area contributed by atoms with Gasteiger partial charge in [-0.05, 0) is 25.1 Å². The van der Waals surface area contributed by atoms with Crippen LogP contribution < -0.4 is 15.6 Å². The fourth-order valence-electron chi connectivity index (χ4n) is 2.47. The lowest BCUT2D eigenvalue weighted by Gasteiger charge is -2.24. The van der Waals surface area contributed by atoms with Gasteiger partial charge in [0.05, 0.1) is 18.7 Å². The van der Waals surface area contributed by atoms with Crippen molar-refractivity contribution in [2.24, 2.45) is 5.92 Å². The Morgan fingerprint density at radius 2 is 2.29 bits per heavy atom. The first-order valence-corrected chi connectivity index (χ1v) is 8.69. The number of rotatable bonds is 3. The lowest BCUT2D eigenvalue weighted by Crippen LogP contribution is -2.37. The molecular formula is C16H16ClN3O3S. The topological polar surface area (TPSA) is 73.2 Å². The summed E-state index contributed by atoms with van der Waals surface area (Å²) in [4.78, 5) is 29.1. The molecule has 2 heterocycles. The molecule has 24 heavy (non-hydrogen) atoms. The van der Waals surface area contributed by atoms with Crippen molar-refractivity contribution in [2.75, 3.05) is 18.2 Å². The number of amides is 1. The quantitative estimate of drug-likeness (QED) is 0.846. The molecule has 0 spiro atoms. The summed E-state index contributed by atoms with van der Waals surface area (Å²) in [5.41, 5.74) is 0.975. The maximum absolute atomic E-state index is 12.6. The number of ether oxygens (including phenoxy) is 1. The lowest BCUT2D eigenvalue weighted by molar-refractivity contribution is -0.119. The van der Waals surface area contributed by atoms with Crippen molar-refractivity contribution in [3.8, 4) is 5.75 Å². The summed E-state index contributed by atoms with van der Waals surface area (Å²) < 4.78 is 6.79. The van der Waals surface area contributed by atoms with E-state index in [1.807, 2.05) is 0 Å². The molecule has 1 N–H and O–H groups in total. The highest BCUT2D eigenvalue weighted by Gasteiger charge is 2.27. The molecule has 0 radical (unpaired) electrons. The summed E-state index contributed by atoms with van der Waals surface area (Å²) in [6.07, 6.45) is 1.57. The Labute approximate surface area is 148 Å². The van der Waals surface area contributed by atoms with Crippen LogP contribution >= 0.6 is 23.4 Å². The highest BCUT2D eigenvalue weighted by Crippen LogP contribution is 2.30. The van der Waals surface area contributed by atoms with Gasteiger partial charge in [-0.25, -0.2) is 4.98 Å². The van der Waals surface area contributed by atoms with E-state index in [0.717, 1.165) is 0 Å². The Morgan fingerprint density at radius 1 is 1.50 bits per heavy atom. The number of halogens is 1. The third kappa shape index (κ3) is 3.27. The second-order valence-corrected chi connectivity index (χ2v) is 6.90. The second-order valence-electron chi connectivity index (χ2n) is 5.48. The van der Waals surface area contributed by atoms with Crippen molar-refractivity contribution in [2.45, 2.75) is 18.6 Å². The summed E-state index contributed by atoms with van der Waals surface area (Å²) in [7, 11) is 1.53. The average Bonchev–Trinajstić information content (AvgIpc) is 2.58. The van der Waals surface area contributed by atoms with Crippen LogP contribution in [-0.2, 0) is 11.3 Å². The predicted octanol–water partition coefficient (Wildman–Crippen LogP) is 2.57. The Morgan fingerprint density at radius 3 is 3.04 bits per heavy atom. The molecule has 1 amide bonds. The summed E-state index contributed by atoms with van der Waals surface area (Å²) in [5.74, 6) is 0.574. The number of aryl methyl sites for hydroxylation is 1. The highest BCUT2D eigenvalue weighted by molar-refractivity contribution is 7.99. The molecule has 1 atom stereocenters. The molecule has 1 aromatic heterocycles. The Kier molecular flexibility index (Phi) is 4.82. The second kappa shape index (κ2) is 6.86. The van der Waals surface area contributed by atoms with Crippen molar-refractivity contribution in [3.63, 3.8) is 0 Å². The van der Waals surface area contributed by atoms with Gasteiger partial charge in [0.1, 0.15) is 5.75 Å². The molecule has 126 valence electrons. The van der Waals surface area contributed by atoms with E-state index in [2.05, 4.69) is 10.3 Å². The van der Waals surface area contributed by atoms with Gasteiger partial charge in [-0.1, -0.05) is 23.4 Å². The van der Waals surface area contributed by atoms with Gasteiger partial charge < -0.3 is 10.1 Å². The lowest BCUT2D eigenvalue weighted by atomic mass is 10.1. The van der Waals surface area contributed by atoms with Crippen molar-refractivity contribution >= 4 is 35.0 Å². The van der Waals surface area contributed by atoms with Gasteiger partial charge in [-0.15, -0.1) is 0 Å². The SMILES string of the molecule is COc1ccc(Cl)cc1NC(=O)C1CSc2ncc(C)c(=O)n2C1. The number of hydrogen-bond acceptors (Lipinski definition) is 5. The zero-order chi connectivity index (χ0) is 17.3. The van der Waals surface area contributed by atoms with Crippen LogP contribution in [0.1, 0.15) is 5.56 Å². The number of hydrogen-bond donors (Lipinski definition) is 1. The zero-order valence-corrected chi connectivity index (χ0v) is 14.8. The van der Waals surface area contributed by atoms with Gasteiger partial charge in [0.25, 0.3) is 5.56 Å². The number of thioether (sulfide) groups is 1. The van der Waals surface area contributed by atoms with Crippen LogP contribution in [0, 0.1) is 12.8 Å². The Bertz CT molecular complexity index is 853. The van der Waals surface area contributed by atoms with Gasteiger partial charge >= 0.3 is 0 Å². The van der Waals surface area contributed by atoms with E-state index in [9.17, 15) is 9.59 Å². The third-order valence-corrected chi connectivity index (χ3v) is 5.18. The van der Waals surface area contributed by atoms with E-state index < -0.39 is 0 Å². The molecule has 1 unspecified atom stereocenters. The number of benzene rings is 1. The first-order valence-electron chi connectivity index (χ1n) is 7.33. The summed E-state index contributed by atoms with van der Waals surface area (Å²) in [6.45, 7) is 2.03. The minimum atomic E-state index is -0.340. The molecule has 6 nitrogen and oxygen atoms in total. The van der Waals surface area contributed by atoms with Gasteiger partial charge in [0.2, 0.25) is 5.91 Å². The number of nitrogens with one attached hydrogen (secondary N) is 1. The van der Waals surface area contributed by atoms with E-state index in [-0.39, 0.29) is 17.4 Å². The Balaban J connectivity index is 1.81. The van der Waals surface area contributed by atoms with Crippen molar-refractivity contribution < 1.29 is 9.53 Å². The van der Waals surface area contributed by atoms with E-state index in [1.54, 1.807) is 35.9 Å². The molecule has 1 aromatic carbocycles. The first-order chi connectivity index (χ1) is 11.5. The number of anilines is 1. The first kappa shape index (κ1) is 16.9. The molecule has 0 bridgehead atoms. The number of fused-ring (bicyclic) bond motifs is 1. The number of nitrogens with zero attached hydrogens (tertiary/aromatic N) is 2. The normalized spacial score (nSPS) is 16.4. The van der Waals surface area contributed by atoms with Crippen LogP contribution in [0.4, 0.5) is 5.69 Å². The molecule has 1 aliphatic heterocycles. The van der Waals surface area contributed by atoms with Crippen LogP contribution in [0.5, 0.6) is 5.75 Å². The summed E-state index contributed by atoms with van der Waals surface area (Å²) in [6, 6.07) is 5.03. The maximum atomic E-state index is 12.6. The number of carbonyl (C=O) groups is 1. The largest absolute Gasteiger partial charge is 0.495 e. The number of carbonyl (C=O) groups excluding carboxylic acids is 1.